The molecule has 0 radical (unpaired) electrons. The average molecular weight is 247 g/mol. The molecule has 2 heterocycles. The van der Waals surface area contributed by atoms with Gasteiger partial charge in [-0.25, -0.2) is 4.98 Å². The molecule has 0 bridgehead atoms. The minimum atomic E-state index is 1.04. The van der Waals surface area contributed by atoms with Gasteiger partial charge in [-0.2, -0.15) is 0 Å². The maximum Gasteiger partial charge on any atom is 0.108 e. The van der Waals surface area contributed by atoms with Gasteiger partial charge >= 0.3 is 0 Å². The van der Waals surface area contributed by atoms with Gasteiger partial charge in [0, 0.05) is 0 Å². The van der Waals surface area contributed by atoms with Crippen LogP contribution < -0.4 is 0 Å². The average Bonchev–Trinajstić information content (AvgIpc) is 2.63. The van der Waals surface area contributed by atoms with Crippen molar-refractivity contribution in [3.8, 4) is 0 Å². The lowest BCUT2D eigenvalue weighted by Crippen LogP contribution is -2.17. The van der Waals surface area contributed by atoms with Crippen LogP contribution >= 0.6 is 27.3 Å². The Hall–Kier alpha value is 0.0700. The number of likely N-dealkylation sites (tertiary alicyclic amines) is 1. The minimum absolute atomic E-state index is 1.04. The van der Waals surface area contributed by atoms with Crippen molar-refractivity contribution in [3.63, 3.8) is 0 Å². The van der Waals surface area contributed by atoms with E-state index in [1.165, 1.54) is 30.9 Å². The molecule has 0 atom stereocenters. The van der Waals surface area contributed by atoms with Crippen LogP contribution in [0.15, 0.2) is 9.98 Å². The van der Waals surface area contributed by atoms with Crippen molar-refractivity contribution in [2.45, 2.75) is 19.4 Å². The molecule has 0 aliphatic carbocycles. The quantitative estimate of drug-likeness (QED) is 0.798. The first kappa shape index (κ1) is 8.66. The van der Waals surface area contributed by atoms with Crippen LogP contribution in [0.3, 0.4) is 0 Å². The smallest absolute Gasteiger partial charge is 0.108 e. The van der Waals surface area contributed by atoms with Gasteiger partial charge in [0.25, 0.3) is 0 Å². The zero-order valence-corrected chi connectivity index (χ0v) is 9.20. The number of nitrogens with zero attached hydrogens (tertiary/aromatic N) is 2. The molecule has 66 valence electrons. The number of hydrogen-bond acceptors (Lipinski definition) is 3. The van der Waals surface area contributed by atoms with Crippen LogP contribution in [0.2, 0.25) is 0 Å². The Bertz CT molecular complexity index is 255. The highest BCUT2D eigenvalue weighted by Crippen LogP contribution is 2.21. The summed E-state index contributed by atoms with van der Waals surface area (Å²) in [6.07, 6.45) is 4.59. The van der Waals surface area contributed by atoms with Crippen molar-refractivity contribution in [1.82, 2.24) is 9.88 Å². The molecule has 12 heavy (non-hydrogen) atoms. The first-order valence-corrected chi connectivity index (χ1v) is 5.78. The number of aromatic nitrogens is 1. The summed E-state index contributed by atoms with van der Waals surface area (Å²) in [5, 5.41) is 1.23. The van der Waals surface area contributed by atoms with E-state index in [0.29, 0.717) is 0 Å². The zero-order valence-electron chi connectivity index (χ0n) is 6.79. The maximum absolute atomic E-state index is 4.31. The van der Waals surface area contributed by atoms with Crippen LogP contribution in [0.1, 0.15) is 17.8 Å². The minimum Gasteiger partial charge on any atom is -0.297 e. The van der Waals surface area contributed by atoms with Gasteiger partial charge < -0.3 is 0 Å². The molecular formula is C8H11BrN2S. The van der Waals surface area contributed by atoms with Crippen molar-refractivity contribution in [3.05, 3.63) is 15.0 Å². The first-order chi connectivity index (χ1) is 5.84. The molecule has 1 aliphatic heterocycles. The first-order valence-electron chi connectivity index (χ1n) is 4.17. The molecule has 0 spiro atoms. The Labute approximate surface area is 84.7 Å². The van der Waals surface area contributed by atoms with E-state index in [1.54, 1.807) is 11.3 Å². The Balaban J connectivity index is 1.94. The van der Waals surface area contributed by atoms with Crippen LogP contribution in [0.4, 0.5) is 0 Å². The summed E-state index contributed by atoms with van der Waals surface area (Å²) < 4.78 is 1.14. The summed E-state index contributed by atoms with van der Waals surface area (Å²) >= 11 is 5.16. The van der Waals surface area contributed by atoms with Crippen LogP contribution in [-0.4, -0.2) is 23.0 Å². The molecule has 2 rings (SSSR count). The second-order valence-corrected chi connectivity index (χ2v) is 5.54. The molecule has 0 amide bonds. The van der Waals surface area contributed by atoms with Gasteiger partial charge in [0.15, 0.2) is 0 Å². The fourth-order valence-electron chi connectivity index (χ4n) is 1.49. The van der Waals surface area contributed by atoms with Crippen molar-refractivity contribution >= 4 is 27.3 Å². The molecule has 0 aromatic carbocycles. The van der Waals surface area contributed by atoms with Gasteiger partial charge in [0.2, 0.25) is 0 Å². The SMILES string of the molecule is Brc1cnc(CN2CCCC2)s1. The largest absolute Gasteiger partial charge is 0.297 e. The Kier molecular flexibility index (Phi) is 2.78. The molecule has 0 saturated carbocycles. The van der Waals surface area contributed by atoms with Crippen molar-refractivity contribution in [2.24, 2.45) is 0 Å². The molecule has 0 unspecified atom stereocenters. The predicted octanol–water partition coefficient (Wildman–Crippen LogP) is 2.50. The standard InChI is InChI=1S/C8H11BrN2S/c9-7-5-10-8(12-7)6-11-3-1-2-4-11/h5H,1-4,6H2. The monoisotopic (exact) mass is 246 g/mol. The molecule has 4 heteroatoms. The number of halogens is 1. The fraction of sp³-hybridized carbons (Fsp3) is 0.625. The summed E-state index contributed by atoms with van der Waals surface area (Å²) in [5.41, 5.74) is 0. The van der Waals surface area contributed by atoms with Gasteiger partial charge in [0.05, 0.1) is 16.5 Å². The van der Waals surface area contributed by atoms with Crippen LogP contribution in [0, 0.1) is 0 Å². The molecule has 0 N–H and O–H groups in total. The van der Waals surface area contributed by atoms with Gasteiger partial charge in [-0.15, -0.1) is 11.3 Å². The number of thiazole rings is 1. The summed E-state index contributed by atoms with van der Waals surface area (Å²) in [4.78, 5) is 6.77. The second-order valence-electron chi connectivity index (χ2n) is 3.04. The van der Waals surface area contributed by atoms with Crippen molar-refractivity contribution in [1.29, 1.82) is 0 Å². The van der Waals surface area contributed by atoms with E-state index in [-0.39, 0.29) is 0 Å². The number of hydrogen-bond donors (Lipinski definition) is 0. The molecule has 2 nitrogen and oxygen atoms in total. The molecule has 1 aromatic rings. The molecule has 1 fully saturated rings. The van der Waals surface area contributed by atoms with Gasteiger partial charge in [-0.1, -0.05) is 0 Å². The Morgan fingerprint density at radius 2 is 2.25 bits per heavy atom. The lowest BCUT2D eigenvalue weighted by Gasteiger charge is -2.11. The summed E-state index contributed by atoms with van der Waals surface area (Å²) in [6.45, 7) is 3.53. The normalized spacial score (nSPS) is 18.8. The maximum atomic E-state index is 4.31. The van der Waals surface area contributed by atoms with E-state index in [0.717, 1.165) is 10.3 Å². The van der Waals surface area contributed by atoms with E-state index < -0.39 is 0 Å². The highest BCUT2D eigenvalue weighted by molar-refractivity contribution is 9.11. The van der Waals surface area contributed by atoms with Gasteiger partial charge in [0.1, 0.15) is 5.01 Å². The lowest BCUT2D eigenvalue weighted by molar-refractivity contribution is 0.331. The number of rotatable bonds is 2. The van der Waals surface area contributed by atoms with E-state index in [1.807, 2.05) is 6.20 Å². The molecule has 1 aromatic heterocycles. The Morgan fingerprint density at radius 1 is 1.50 bits per heavy atom. The van der Waals surface area contributed by atoms with E-state index >= 15 is 0 Å². The molecule has 1 aliphatic rings. The zero-order chi connectivity index (χ0) is 8.39. The van der Waals surface area contributed by atoms with Gasteiger partial charge in [-0.3, -0.25) is 4.90 Å². The predicted molar refractivity (Wildman–Crippen MR) is 54.3 cm³/mol. The summed E-state index contributed by atoms with van der Waals surface area (Å²) in [6, 6.07) is 0. The second kappa shape index (κ2) is 3.85. The highest BCUT2D eigenvalue weighted by atomic mass is 79.9. The van der Waals surface area contributed by atoms with E-state index in [2.05, 4.69) is 25.8 Å². The third-order valence-corrected chi connectivity index (χ3v) is 3.54. The van der Waals surface area contributed by atoms with Gasteiger partial charge in [-0.05, 0) is 41.9 Å². The summed E-state index contributed by atoms with van der Waals surface area (Å²) in [5.74, 6) is 0. The van der Waals surface area contributed by atoms with Crippen molar-refractivity contribution in [2.75, 3.05) is 13.1 Å². The van der Waals surface area contributed by atoms with E-state index in [4.69, 9.17) is 0 Å². The van der Waals surface area contributed by atoms with Crippen molar-refractivity contribution < 1.29 is 0 Å². The molecular weight excluding hydrogens is 236 g/mol. The van der Waals surface area contributed by atoms with Crippen LogP contribution in [-0.2, 0) is 6.54 Å². The third kappa shape index (κ3) is 2.06. The van der Waals surface area contributed by atoms with Crippen LogP contribution in [0.25, 0.3) is 0 Å². The topological polar surface area (TPSA) is 16.1 Å². The van der Waals surface area contributed by atoms with Crippen LogP contribution in [0.5, 0.6) is 0 Å². The molecule has 1 saturated heterocycles. The van der Waals surface area contributed by atoms with E-state index in [9.17, 15) is 0 Å². The lowest BCUT2D eigenvalue weighted by atomic mass is 10.4. The highest BCUT2D eigenvalue weighted by Gasteiger charge is 2.12. The summed E-state index contributed by atoms with van der Waals surface area (Å²) in [7, 11) is 0. The Morgan fingerprint density at radius 3 is 2.83 bits per heavy atom. The fourth-order valence-corrected chi connectivity index (χ4v) is 2.84. The third-order valence-electron chi connectivity index (χ3n) is 2.08.